The third kappa shape index (κ3) is 2.84. The maximum absolute atomic E-state index is 11.0. The topological polar surface area (TPSA) is 72.2 Å². The van der Waals surface area contributed by atoms with Crippen LogP contribution in [0.1, 0.15) is 18.4 Å². The number of hydrogen-bond donors (Lipinski definition) is 2. The Bertz CT molecular complexity index is 384. The standard InChI is InChI=1S/C13H18N2O2/c14-13(12(16)17)6-8-15(9-7-13)10-11-4-2-1-3-5-11/h1-5H,6-10,14H2,(H,16,17)/p+1. The largest absolute Gasteiger partial charge is 0.544 e. The molecule has 0 aliphatic carbocycles. The Kier molecular flexibility index (Phi) is 3.45. The summed E-state index contributed by atoms with van der Waals surface area (Å²) in [5.74, 6) is -1.00. The van der Waals surface area contributed by atoms with Crippen LogP contribution in [0.2, 0.25) is 0 Å². The number of carboxylic acids is 1. The van der Waals surface area contributed by atoms with Crippen LogP contribution in [0.15, 0.2) is 30.3 Å². The quantitative estimate of drug-likeness (QED) is 0.613. The van der Waals surface area contributed by atoms with Gasteiger partial charge in [-0.2, -0.15) is 0 Å². The highest BCUT2D eigenvalue weighted by Crippen LogP contribution is 2.09. The number of piperidine rings is 1. The van der Waals surface area contributed by atoms with Crippen LogP contribution in [-0.2, 0) is 11.3 Å². The van der Waals surface area contributed by atoms with Gasteiger partial charge in [0.05, 0.1) is 25.9 Å². The summed E-state index contributed by atoms with van der Waals surface area (Å²) in [5.41, 5.74) is 4.23. The number of hydrogen-bond acceptors (Lipinski definition) is 2. The summed E-state index contributed by atoms with van der Waals surface area (Å²) in [6.07, 6.45) is 1.22. The van der Waals surface area contributed by atoms with Crippen LogP contribution >= 0.6 is 0 Å². The molecular formula is C13H19N2O2+. The predicted octanol–water partition coefficient (Wildman–Crippen LogP) is -2.40. The van der Waals surface area contributed by atoms with Gasteiger partial charge in [0.1, 0.15) is 18.1 Å². The molecule has 0 spiro atoms. The summed E-state index contributed by atoms with van der Waals surface area (Å²) >= 11 is 0. The number of carbonyl (C=O) groups is 1. The molecular weight excluding hydrogens is 216 g/mol. The van der Waals surface area contributed by atoms with Crippen LogP contribution in [0.5, 0.6) is 0 Å². The van der Waals surface area contributed by atoms with Crippen molar-refractivity contribution >= 4 is 5.97 Å². The molecule has 4 N–H and O–H groups in total. The zero-order valence-corrected chi connectivity index (χ0v) is 9.95. The summed E-state index contributed by atoms with van der Waals surface area (Å²) in [6.45, 7) is 2.67. The molecule has 0 amide bonds. The van der Waals surface area contributed by atoms with Crippen molar-refractivity contribution in [3.8, 4) is 0 Å². The lowest BCUT2D eigenvalue weighted by Crippen LogP contribution is -3.13. The van der Waals surface area contributed by atoms with Crippen molar-refractivity contribution in [2.75, 3.05) is 13.1 Å². The van der Waals surface area contributed by atoms with E-state index in [2.05, 4.69) is 17.9 Å². The van der Waals surface area contributed by atoms with Gasteiger partial charge in [0.2, 0.25) is 0 Å². The second-order valence-electron chi connectivity index (χ2n) is 4.98. The lowest BCUT2D eigenvalue weighted by molar-refractivity contribution is -0.923. The summed E-state index contributed by atoms with van der Waals surface area (Å²) < 4.78 is 0. The molecule has 0 aromatic heterocycles. The number of aliphatic carboxylic acids is 1. The Morgan fingerprint density at radius 1 is 1.29 bits per heavy atom. The summed E-state index contributed by atoms with van der Waals surface area (Å²) in [5, 5.41) is 11.0. The fourth-order valence-corrected chi connectivity index (χ4v) is 2.35. The minimum absolute atomic E-state index is 0.609. The Morgan fingerprint density at radius 2 is 1.88 bits per heavy atom. The zero-order valence-electron chi connectivity index (χ0n) is 9.95. The molecule has 2 rings (SSSR count). The molecule has 1 aromatic rings. The van der Waals surface area contributed by atoms with Crippen LogP contribution in [0, 0.1) is 0 Å². The number of rotatable bonds is 3. The summed E-state index contributed by atoms with van der Waals surface area (Å²) in [6, 6.07) is 10.3. The minimum atomic E-state index is -1.00. The molecule has 1 aromatic carbocycles. The number of carbonyl (C=O) groups excluding carboxylic acids is 1. The first-order valence-electron chi connectivity index (χ1n) is 6.04. The van der Waals surface area contributed by atoms with E-state index in [4.69, 9.17) is 0 Å². The van der Waals surface area contributed by atoms with Crippen LogP contribution in [-0.4, -0.2) is 24.6 Å². The van der Waals surface area contributed by atoms with Crippen molar-refractivity contribution in [3.05, 3.63) is 35.9 Å². The van der Waals surface area contributed by atoms with Crippen molar-refractivity contribution in [3.63, 3.8) is 0 Å². The van der Waals surface area contributed by atoms with Gasteiger partial charge in [0.25, 0.3) is 0 Å². The summed E-state index contributed by atoms with van der Waals surface area (Å²) in [4.78, 5) is 12.4. The number of nitrogens with one attached hydrogen (secondary N) is 1. The average molecular weight is 235 g/mol. The molecule has 1 aliphatic heterocycles. The Balaban J connectivity index is 1.90. The Labute approximate surface area is 101 Å². The Hall–Kier alpha value is -1.39. The van der Waals surface area contributed by atoms with Crippen LogP contribution in [0.4, 0.5) is 0 Å². The first-order chi connectivity index (χ1) is 8.10. The van der Waals surface area contributed by atoms with Gasteiger partial charge in [-0.3, -0.25) is 0 Å². The number of quaternary nitrogens is 2. The van der Waals surface area contributed by atoms with Crippen molar-refractivity contribution in [1.82, 2.24) is 0 Å². The SMILES string of the molecule is [NH3+]C1(C(=O)[O-])CC[NH+](Cc2ccccc2)CC1. The number of likely N-dealkylation sites (tertiary alicyclic amines) is 1. The molecule has 92 valence electrons. The van der Waals surface area contributed by atoms with E-state index in [1.807, 2.05) is 18.2 Å². The van der Waals surface area contributed by atoms with E-state index in [0.29, 0.717) is 12.8 Å². The zero-order chi connectivity index (χ0) is 12.3. The summed E-state index contributed by atoms with van der Waals surface area (Å²) in [7, 11) is 0. The molecule has 0 bridgehead atoms. The Morgan fingerprint density at radius 3 is 2.41 bits per heavy atom. The molecule has 1 fully saturated rings. The molecule has 1 heterocycles. The maximum Gasteiger partial charge on any atom is 0.145 e. The first-order valence-corrected chi connectivity index (χ1v) is 6.04. The van der Waals surface area contributed by atoms with Gasteiger partial charge in [0.15, 0.2) is 0 Å². The van der Waals surface area contributed by atoms with Crippen LogP contribution in [0.3, 0.4) is 0 Å². The second-order valence-corrected chi connectivity index (χ2v) is 4.98. The number of benzene rings is 1. The van der Waals surface area contributed by atoms with Gasteiger partial charge in [-0.15, -0.1) is 0 Å². The van der Waals surface area contributed by atoms with E-state index < -0.39 is 11.5 Å². The fraction of sp³-hybridized carbons (Fsp3) is 0.462. The molecule has 0 unspecified atom stereocenters. The van der Waals surface area contributed by atoms with Crippen molar-refractivity contribution in [2.24, 2.45) is 0 Å². The predicted molar refractivity (Wildman–Crippen MR) is 60.7 cm³/mol. The maximum atomic E-state index is 11.0. The van der Waals surface area contributed by atoms with E-state index in [1.165, 1.54) is 10.5 Å². The number of carboxylic acid groups (broad SMARTS) is 1. The van der Waals surface area contributed by atoms with Crippen molar-refractivity contribution in [1.29, 1.82) is 0 Å². The van der Waals surface area contributed by atoms with Crippen LogP contribution < -0.4 is 15.7 Å². The molecule has 0 radical (unpaired) electrons. The van der Waals surface area contributed by atoms with Crippen LogP contribution in [0.25, 0.3) is 0 Å². The third-order valence-corrected chi connectivity index (χ3v) is 3.64. The molecule has 1 saturated heterocycles. The first kappa shape index (κ1) is 12.1. The molecule has 0 saturated carbocycles. The molecule has 17 heavy (non-hydrogen) atoms. The van der Waals surface area contributed by atoms with E-state index in [-0.39, 0.29) is 0 Å². The van der Waals surface area contributed by atoms with E-state index >= 15 is 0 Å². The highest BCUT2D eigenvalue weighted by Gasteiger charge is 2.37. The van der Waals surface area contributed by atoms with Gasteiger partial charge < -0.3 is 20.5 Å². The van der Waals surface area contributed by atoms with E-state index in [0.717, 1.165) is 19.6 Å². The third-order valence-electron chi connectivity index (χ3n) is 3.64. The molecule has 4 nitrogen and oxygen atoms in total. The molecule has 0 atom stereocenters. The van der Waals surface area contributed by atoms with E-state index in [1.54, 1.807) is 0 Å². The van der Waals surface area contributed by atoms with Gasteiger partial charge in [-0.05, 0) is 0 Å². The van der Waals surface area contributed by atoms with Gasteiger partial charge in [-0.1, -0.05) is 30.3 Å². The van der Waals surface area contributed by atoms with Gasteiger partial charge in [-0.25, -0.2) is 0 Å². The van der Waals surface area contributed by atoms with E-state index in [9.17, 15) is 9.90 Å². The highest BCUT2D eigenvalue weighted by molar-refractivity contribution is 5.74. The van der Waals surface area contributed by atoms with Gasteiger partial charge >= 0.3 is 0 Å². The molecule has 4 heteroatoms. The van der Waals surface area contributed by atoms with Crippen molar-refractivity contribution in [2.45, 2.75) is 24.9 Å². The normalized spacial score (nSPS) is 28.9. The fourth-order valence-electron chi connectivity index (χ4n) is 2.35. The monoisotopic (exact) mass is 235 g/mol. The smallest absolute Gasteiger partial charge is 0.145 e. The average Bonchev–Trinajstić information content (AvgIpc) is 2.33. The molecule has 1 aliphatic rings. The highest BCUT2D eigenvalue weighted by atomic mass is 16.4. The van der Waals surface area contributed by atoms with Gasteiger partial charge in [0, 0.05) is 5.56 Å². The lowest BCUT2D eigenvalue weighted by atomic mass is 9.88. The van der Waals surface area contributed by atoms with Crippen molar-refractivity contribution < 1.29 is 20.5 Å². The lowest BCUT2D eigenvalue weighted by Gasteiger charge is -2.34. The minimum Gasteiger partial charge on any atom is -0.544 e. The second kappa shape index (κ2) is 4.85.